The maximum Gasteiger partial charge on any atom is 0.143 e. The molecule has 3 aromatic heterocycles. The van der Waals surface area contributed by atoms with Crippen molar-refractivity contribution in [3.8, 4) is 27.9 Å². The number of rotatable bonds is 6. The zero-order valence-electron chi connectivity index (χ0n) is 33.5. The fourth-order valence-corrected chi connectivity index (χ4v) is 9.72. The van der Waals surface area contributed by atoms with Gasteiger partial charge in [-0.1, -0.05) is 140 Å². The Bertz CT molecular complexity index is 3850. The van der Waals surface area contributed by atoms with Gasteiger partial charge < -0.3 is 18.3 Å². The molecule has 0 saturated heterocycles. The van der Waals surface area contributed by atoms with E-state index in [2.05, 4.69) is 216 Å². The van der Waals surface area contributed by atoms with E-state index in [0.717, 1.165) is 99.8 Å². The van der Waals surface area contributed by atoms with Gasteiger partial charge in [-0.3, -0.25) is 0 Å². The summed E-state index contributed by atoms with van der Waals surface area (Å²) >= 11 is 0. The molecule has 0 amide bonds. The molecule has 3 heterocycles. The van der Waals surface area contributed by atoms with Crippen LogP contribution in [0.3, 0.4) is 0 Å². The molecular formula is C58H36N2O2. The smallest absolute Gasteiger partial charge is 0.143 e. The van der Waals surface area contributed by atoms with Crippen molar-refractivity contribution >= 4 is 93.5 Å². The third-order valence-electron chi connectivity index (χ3n) is 12.6. The Kier molecular flexibility index (Phi) is 7.57. The number of nitrogens with zero attached hydrogens (tertiary/aromatic N) is 2. The van der Waals surface area contributed by atoms with Crippen LogP contribution in [-0.2, 0) is 0 Å². The highest BCUT2D eigenvalue weighted by molar-refractivity contribution is 6.18. The van der Waals surface area contributed by atoms with Crippen LogP contribution in [-0.4, -0.2) is 4.57 Å². The molecule has 0 aliphatic heterocycles. The minimum absolute atomic E-state index is 0.897. The standard InChI is InChI=1S/C58H36N2O2/c1-2-13-41(14-3-1)60-51-20-8-6-17-49(51)56-52(21-11-22-53(56)60)59(42-30-24-37(25-31-42)40-29-35-55-50(36-40)46-16-7-9-23-54(46)61-55)43-32-26-39(27-33-43)45-18-10-19-47-48-34-28-38-12-4-5-15-44(38)58(48)62-57(45)47/h1-36H. The number of fused-ring (bicyclic) bond motifs is 11. The summed E-state index contributed by atoms with van der Waals surface area (Å²) < 4.78 is 15.3. The first-order valence-electron chi connectivity index (χ1n) is 21.1. The summed E-state index contributed by atoms with van der Waals surface area (Å²) in [6.45, 7) is 0. The maximum absolute atomic E-state index is 6.77. The first-order chi connectivity index (χ1) is 30.7. The van der Waals surface area contributed by atoms with E-state index >= 15 is 0 Å². The zero-order valence-corrected chi connectivity index (χ0v) is 33.5. The van der Waals surface area contributed by atoms with Crippen molar-refractivity contribution in [1.29, 1.82) is 0 Å². The molecule has 0 aliphatic carbocycles. The molecule has 13 rings (SSSR count). The van der Waals surface area contributed by atoms with Crippen molar-refractivity contribution in [2.75, 3.05) is 4.90 Å². The van der Waals surface area contributed by atoms with Crippen LogP contribution in [0.15, 0.2) is 227 Å². The molecule has 0 saturated carbocycles. The summed E-state index contributed by atoms with van der Waals surface area (Å²) in [5.41, 5.74) is 14.8. The number of para-hydroxylation sites is 4. The van der Waals surface area contributed by atoms with E-state index in [-0.39, 0.29) is 0 Å². The molecule has 0 spiro atoms. The van der Waals surface area contributed by atoms with Crippen molar-refractivity contribution in [3.63, 3.8) is 0 Å². The predicted molar refractivity (Wildman–Crippen MR) is 258 cm³/mol. The van der Waals surface area contributed by atoms with Gasteiger partial charge in [0.2, 0.25) is 0 Å². The van der Waals surface area contributed by atoms with Gasteiger partial charge in [-0.15, -0.1) is 0 Å². The average molecular weight is 793 g/mol. The molecule has 0 fully saturated rings. The van der Waals surface area contributed by atoms with E-state index in [1.165, 1.54) is 21.7 Å². The predicted octanol–water partition coefficient (Wildman–Crippen LogP) is 16.5. The van der Waals surface area contributed by atoms with Gasteiger partial charge >= 0.3 is 0 Å². The lowest BCUT2D eigenvalue weighted by atomic mass is 10.00. The van der Waals surface area contributed by atoms with E-state index in [9.17, 15) is 0 Å². The molecule has 0 unspecified atom stereocenters. The third-order valence-corrected chi connectivity index (χ3v) is 12.6. The highest BCUT2D eigenvalue weighted by atomic mass is 16.3. The molecule has 0 aliphatic rings. The Labute approximate surface area is 356 Å². The van der Waals surface area contributed by atoms with E-state index in [1.54, 1.807) is 0 Å². The molecule has 4 nitrogen and oxygen atoms in total. The number of benzene rings is 10. The molecule has 0 bridgehead atoms. The second-order valence-electron chi connectivity index (χ2n) is 16.0. The Morgan fingerprint density at radius 3 is 1.82 bits per heavy atom. The van der Waals surface area contributed by atoms with Crippen molar-refractivity contribution in [1.82, 2.24) is 4.57 Å². The van der Waals surface area contributed by atoms with Crippen LogP contribution in [0.25, 0.3) is 104 Å². The molecule has 0 atom stereocenters. The lowest BCUT2D eigenvalue weighted by Crippen LogP contribution is -2.10. The highest BCUT2D eigenvalue weighted by Crippen LogP contribution is 2.45. The Morgan fingerprint density at radius 2 is 0.984 bits per heavy atom. The monoisotopic (exact) mass is 792 g/mol. The van der Waals surface area contributed by atoms with E-state index in [0.29, 0.717) is 0 Å². The van der Waals surface area contributed by atoms with Crippen molar-refractivity contribution in [2.45, 2.75) is 0 Å². The molecule has 13 aromatic rings. The van der Waals surface area contributed by atoms with Gasteiger partial charge in [0.1, 0.15) is 22.3 Å². The highest BCUT2D eigenvalue weighted by Gasteiger charge is 2.22. The van der Waals surface area contributed by atoms with Crippen molar-refractivity contribution < 1.29 is 8.83 Å². The first-order valence-corrected chi connectivity index (χ1v) is 21.1. The summed E-state index contributed by atoms with van der Waals surface area (Å²) in [5, 5.41) is 9.19. The van der Waals surface area contributed by atoms with Crippen LogP contribution >= 0.6 is 0 Å². The van der Waals surface area contributed by atoms with Crippen LogP contribution in [0.5, 0.6) is 0 Å². The van der Waals surface area contributed by atoms with Gasteiger partial charge in [0, 0.05) is 60.3 Å². The van der Waals surface area contributed by atoms with Crippen LogP contribution in [0.4, 0.5) is 17.1 Å². The molecule has 62 heavy (non-hydrogen) atoms. The molecule has 0 N–H and O–H groups in total. The topological polar surface area (TPSA) is 34.5 Å². The number of anilines is 3. The first kappa shape index (κ1) is 34.5. The van der Waals surface area contributed by atoms with E-state index in [1.807, 2.05) is 12.1 Å². The Morgan fingerprint density at radius 1 is 0.355 bits per heavy atom. The molecule has 290 valence electrons. The molecule has 4 heteroatoms. The second kappa shape index (κ2) is 13.6. The summed E-state index contributed by atoms with van der Waals surface area (Å²) in [6.07, 6.45) is 0. The van der Waals surface area contributed by atoms with Gasteiger partial charge in [0.05, 0.1) is 16.7 Å². The van der Waals surface area contributed by atoms with Gasteiger partial charge in [-0.05, 0) is 101 Å². The number of furan rings is 2. The summed E-state index contributed by atoms with van der Waals surface area (Å²) in [5.74, 6) is 0. The lowest BCUT2D eigenvalue weighted by Gasteiger charge is -2.27. The lowest BCUT2D eigenvalue weighted by molar-refractivity contribution is 0.669. The minimum Gasteiger partial charge on any atom is -0.456 e. The fraction of sp³-hybridized carbons (Fsp3) is 0. The van der Waals surface area contributed by atoms with Crippen LogP contribution < -0.4 is 4.90 Å². The van der Waals surface area contributed by atoms with E-state index < -0.39 is 0 Å². The maximum atomic E-state index is 6.77. The van der Waals surface area contributed by atoms with Crippen molar-refractivity contribution in [3.05, 3.63) is 218 Å². The molecule has 10 aromatic carbocycles. The third kappa shape index (κ3) is 5.27. The van der Waals surface area contributed by atoms with Crippen molar-refractivity contribution in [2.24, 2.45) is 0 Å². The van der Waals surface area contributed by atoms with Gasteiger partial charge in [0.15, 0.2) is 0 Å². The normalized spacial score (nSPS) is 11.9. The van der Waals surface area contributed by atoms with E-state index in [4.69, 9.17) is 8.83 Å². The minimum atomic E-state index is 0.897. The largest absolute Gasteiger partial charge is 0.456 e. The SMILES string of the molecule is c1ccc(-n2c3ccccc3c3c(N(c4ccc(-c5ccc6oc7ccccc7c6c5)cc4)c4ccc(-c5cccc6c5oc5c7ccccc7ccc65)cc4)cccc32)cc1. The number of aromatic nitrogens is 1. The quantitative estimate of drug-likeness (QED) is 0.168. The van der Waals surface area contributed by atoms with Gasteiger partial charge in [-0.2, -0.15) is 0 Å². The zero-order chi connectivity index (χ0) is 40.7. The van der Waals surface area contributed by atoms with Crippen LogP contribution in [0.1, 0.15) is 0 Å². The van der Waals surface area contributed by atoms with Crippen LogP contribution in [0.2, 0.25) is 0 Å². The Balaban J connectivity index is 0.978. The van der Waals surface area contributed by atoms with Gasteiger partial charge in [0.25, 0.3) is 0 Å². The number of hydrogen-bond donors (Lipinski definition) is 0. The summed E-state index contributed by atoms with van der Waals surface area (Å²) in [4.78, 5) is 2.40. The van der Waals surface area contributed by atoms with Crippen LogP contribution in [0, 0.1) is 0 Å². The summed E-state index contributed by atoms with van der Waals surface area (Å²) in [6, 6.07) is 78.0. The van der Waals surface area contributed by atoms with Gasteiger partial charge in [-0.25, -0.2) is 0 Å². The molecular weight excluding hydrogens is 757 g/mol. The fourth-order valence-electron chi connectivity index (χ4n) is 9.72. The Hall–Kier alpha value is -8.34. The average Bonchev–Trinajstić information content (AvgIpc) is 4.02. The molecule has 0 radical (unpaired) electrons. The number of hydrogen-bond acceptors (Lipinski definition) is 3. The summed E-state index contributed by atoms with van der Waals surface area (Å²) in [7, 11) is 0. The second-order valence-corrected chi connectivity index (χ2v) is 16.0.